The third-order valence-electron chi connectivity index (χ3n) is 2.25. The largest absolute Gasteiger partial charge is 0.342 e. The third-order valence-corrected chi connectivity index (χ3v) is 2.25. The molecule has 3 heterocycles. The highest BCUT2D eigenvalue weighted by atomic mass is 16.5. The highest BCUT2D eigenvalue weighted by molar-refractivity contribution is 5.50. The molecule has 3 rings (SSSR count). The van der Waals surface area contributed by atoms with Gasteiger partial charge in [-0.15, -0.1) is 5.10 Å². The van der Waals surface area contributed by atoms with E-state index < -0.39 is 0 Å². The molecule has 0 radical (unpaired) electrons. The fourth-order valence-corrected chi connectivity index (χ4v) is 1.45. The summed E-state index contributed by atoms with van der Waals surface area (Å²) in [6, 6.07) is 0. The van der Waals surface area contributed by atoms with Gasteiger partial charge in [-0.25, -0.2) is 4.98 Å². The highest BCUT2D eigenvalue weighted by Crippen LogP contribution is 2.17. The number of imidazole rings is 1. The van der Waals surface area contributed by atoms with Gasteiger partial charge in [0.15, 0.2) is 11.5 Å². The summed E-state index contributed by atoms with van der Waals surface area (Å²) < 4.78 is 6.71. The summed E-state index contributed by atoms with van der Waals surface area (Å²) in [5.74, 6) is 1.22. The second kappa shape index (κ2) is 4.37. The fourth-order valence-electron chi connectivity index (χ4n) is 1.45. The molecule has 3 aromatic heterocycles. The van der Waals surface area contributed by atoms with Crippen molar-refractivity contribution < 1.29 is 4.52 Å². The Morgan fingerprint density at radius 2 is 2.39 bits per heavy atom. The molecule has 0 fully saturated rings. The lowest BCUT2D eigenvalue weighted by Gasteiger charge is -1.91. The second-order valence-corrected chi connectivity index (χ2v) is 3.52. The minimum atomic E-state index is 0.296. The molecule has 0 aliphatic carbocycles. The van der Waals surface area contributed by atoms with E-state index in [1.165, 1.54) is 0 Å². The highest BCUT2D eigenvalue weighted by Gasteiger charge is 2.14. The van der Waals surface area contributed by atoms with Crippen LogP contribution in [0.4, 0.5) is 0 Å². The van der Waals surface area contributed by atoms with Crippen molar-refractivity contribution in [2.75, 3.05) is 6.54 Å². The van der Waals surface area contributed by atoms with Gasteiger partial charge in [-0.05, 0) is 0 Å². The van der Waals surface area contributed by atoms with E-state index in [4.69, 9.17) is 10.3 Å². The molecule has 92 valence electrons. The second-order valence-electron chi connectivity index (χ2n) is 3.52. The Bertz CT molecular complexity index is 625. The van der Waals surface area contributed by atoms with Crippen LogP contribution in [0, 0.1) is 0 Å². The minimum absolute atomic E-state index is 0.296. The van der Waals surface area contributed by atoms with Crippen molar-refractivity contribution in [3.8, 4) is 23.2 Å². The van der Waals surface area contributed by atoms with E-state index >= 15 is 0 Å². The molecule has 0 aromatic carbocycles. The van der Waals surface area contributed by atoms with Gasteiger partial charge < -0.3 is 15.2 Å². The lowest BCUT2D eigenvalue weighted by molar-refractivity contribution is 0.430. The van der Waals surface area contributed by atoms with Gasteiger partial charge in [0.2, 0.25) is 5.82 Å². The summed E-state index contributed by atoms with van der Waals surface area (Å²) in [6.07, 6.45) is 5.00. The molecule has 9 heteroatoms. The molecule has 18 heavy (non-hydrogen) atoms. The first kappa shape index (κ1) is 10.6. The zero-order valence-electron chi connectivity index (χ0n) is 9.32. The number of H-pyrrole nitrogens is 1. The number of nitrogens with two attached hydrogens (primary N) is 1. The van der Waals surface area contributed by atoms with Gasteiger partial charge in [0.25, 0.3) is 5.89 Å². The molecule has 0 amide bonds. The Morgan fingerprint density at radius 3 is 3.17 bits per heavy atom. The molecule has 0 atom stereocenters. The first-order valence-electron chi connectivity index (χ1n) is 5.31. The van der Waals surface area contributed by atoms with E-state index in [9.17, 15) is 0 Å². The van der Waals surface area contributed by atoms with Crippen molar-refractivity contribution >= 4 is 0 Å². The summed E-state index contributed by atoms with van der Waals surface area (Å²) in [5, 5.41) is 11.6. The molecule has 0 bridgehead atoms. The van der Waals surface area contributed by atoms with Gasteiger partial charge in [-0.3, -0.25) is 4.68 Å². The number of rotatable bonds is 4. The zero-order chi connectivity index (χ0) is 12.4. The van der Waals surface area contributed by atoms with Crippen LogP contribution in [0.25, 0.3) is 23.2 Å². The van der Waals surface area contributed by atoms with Crippen molar-refractivity contribution in [1.29, 1.82) is 0 Å². The molecule has 0 saturated carbocycles. The van der Waals surface area contributed by atoms with Gasteiger partial charge in [0, 0.05) is 18.9 Å². The Morgan fingerprint density at radius 1 is 1.44 bits per heavy atom. The monoisotopic (exact) mass is 246 g/mol. The van der Waals surface area contributed by atoms with Crippen LogP contribution in [-0.4, -0.2) is 41.6 Å². The number of hydrogen-bond acceptors (Lipinski definition) is 7. The van der Waals surface area contributed by atoms with Gasteiger partial charge in [0.05, 0.1) is 12.7 Å². The number of aromatic nitrogens is 7. The normalized spacial score (nSPS) is 10.9. The maximum Gasteiger partial charge on any atom is 0.280 e. The first-order valence-corrected chi connectivity index (χ1v) is 5.31. The van der Waals surface area contributed by atoms with Crippen LogP contribution in [0.3, 0.4) is 0 Å². The Labute approximate surface area is 101 Å². The molecular weight excluding hydrogens is 236 g/mol. The van der Waals surface area contributed by atoms with E-state index in [-0.39, 0.29) is 0 Å². The molecule has 3 aromatic rings. The smallest absolute Gasteiger partial charge is 0.280 e. The van der Waals surface area contributed by atoms with E-state index in [0.29, 0.717) is 36.3 Å². The number of nitrogens with one attached hydrogen (secondary N) is 1. The van der Waals surface area contributed by atoms with E-state index in [2.05, 4.69) is 30.4 Å². The van der Waals surface area contributed by atoms with Crippen molar-refractivity contribution in [1.82, 2.24) is 35.1 Å². The standard InChI is InChI=1S/C9H10N8O/c10-1-4-17-5-6(14-16-17)9-13-8(15-18-9)7-11-2-3-12-7/h2-3,5H,1,4,10H2,(H,11,12). The summed E-state index contributed by atoms with van der Waals surface area (Å²) in [6.45, 7) is 1.08. The van der Waals surface area contributed by atoms with E-state index in [1.807, 2.05) is 0 Å². The van der Waals surface area contributed by atoms with Crippen LogP contribution in [0.5, 0.6) is 0 Å². The summed E-state index contributed by atoms with van der Waals surface area (Å²) in [5.41, 5.74) is 5.93. The van der Waals surface area contributed by atoms with E-state index in [0.717, 1.165) is 0 Å². The topological polar surface area (TPSA) is 124 Å². The summed E-state index contributed by atoms with van der Waals surface area (Å²) in [4.78, 5) is 11.1. The Kier molecular flexibility index (Phi) is 2.57. The Balaban J connectivity index is 1.88. The maximum atomic E-state index is 5.42. The molecule has 0 aliphatic rings. The number of aromatic amines is 1. The predicted octanol–water partition coefficient (Wildman–Crippen LogP) is -0.323. The van der Waals surface area contributed by atoms with Gasteiger partial charge in [-0.1, -0.05) is 10.4 Å². The van der Waals surface area contributed by atoms with Gasteiger partial charge in [0.1, 0.15) is 0 Å². The van der Waals surface area contributed by atoms with Crippen LogP contribution in [0.1, 0.15) is 0 Å². The van der Waals surface area contributed by atoms with Crippen LogP contribution in [0.2, 0.25) is 0 Å². The van der Waals surface area contributed by atoms with Crippen molar-refractivity contribution in [2.45, 2.75) is 6.54 Å². The molecule has 0 spiro atoms. The quantitative estimate of drug-likeness (QED) is 0.646. The van der Waals surface area contributed by atoms with Crippen molar-refractivity contribution in [2.24, 2.45) is 5.73 Å². The molecular formula is C9H10N8O. The van der Waals surface area contributed by atoms with Crippen molar-refractivity contribution in [3.05, 3.63) is 18.6 Å². The zero-order valence-corrected chi connectivity index (χ0v) is 9.32. The molecule has 9 nitrogen and oxygen atoms in total. The van der Waals surface area contributed by atoms with Crippen LogP contribution < -0.4 is 5.73 Å². The molecule has 0 aliphatic heterocycles. The van der Waals surface area contributed by atoms with E-state index in [1.54, 1.807) is 23.3 Å². The predicted molar refractivity (Wildman–Crippen MR) is 60.0 cm³/mol. The SMILES string of the molecule is NCCn1cc(-c2nc(-c3ncc[nH]3)no2)nn1. The maximum absolute atomic E-state index is 5.42. The minimum Gasteiger partial charge on any atom is -0.342 e. The molecule has 0 saturated heterocycles. The first-order chi connectivity index (χ1) is 8.86. The number of hydrogen-bond donors (Lipinski definition) is 2. The van der Waals surface area contributed by atoms with Crippen molar-refractivity contribution in [3.63, 3.8) is 0 Å². The lowest BCUT2D eigenvalue weighted by atomic mass is 10.4. The average Bonchev–Trinajstić information content (AvgIpc) is 3.10. The van der Waals surface area contributed by atoms with Crippen LogP contribution in [-0.2, 0) is 6.54 Å². The molecule has 0 unspecified atom stereocenters. The lowest BCUT2D eigenvalue weighted by Crippen LogP contribution is -2.10. The number of nitrogens with zero attached hydrogens (tertiary/aromatic N) is 6. The van der Waals surface area contributed by atoms with Gasteiger partial charge >= 0.3 is 0 Å². The summed E-state index contributed by atoms with van der Waals surface area (Å²) in [7, 11) is 0. The van der Waals surface area contributed by atoms with Crippen LogP contribution in [0.15, 0.2) is 23.1 Å². The summed E-state index contributed by atoms with van der Waals surface area (Å²) >= 11 is 0. The average molecular weight is 246 g/mol. The third kappa shape index (κ3) is 1.86. The van der Waals surface area contributed by atoms with Gasteiger partial charge in [-0.2, -0.15) is 4.98 Å². The van der Waals surface area contributed by atoms with Crippen LogP contribution >= 0.6 is 0 Å². The fraction of sp³-hybridized carbons (Fsp3) is 0.222. The Hall–Kier alpha value is -2.55. The molecule has 3 N–H and O–H groups in total.